The number of aromatic nitrogens is 4. The second kappa shape index (κ2) is 5.35. The van der Waals surface area contributed by atoms with Gasteiger partial charge in [-0.15, -0.1) is 0 Å². The third kappa shape index (κ3) is 1.84. The molecule has 4 heteroatoms. The molecule has 2 aliphatic rings. The van der Waals surface area contributed by atoms with Crippen LogP contribution >= 0.6 is 0 Å². The van der Waals surface area contributed by atoms with Crippen LogP contribution in [0.25, 0.3) is 49.8 Å². The third-order valence-electron chi connectivity index (χ3n) is 6.94. The zero-order chi connectivity index (χ0) is 20.1. The molecule has 2 aliphatic carbocycles. The van der Waals surface area contributed by atoms with Crippen LogP contribution in [0.3, 0.4) is 0 Å². The second-order valence-electron chi connectivity index (χ2n) is 8.51. The number of hydrogen-bond donors (Lipinski definition) is 0. The maximum Gasteiger partial charge on any atom is 0.148 e. The Morgan fingerprint density at radius 3 is 2.55 bits per heavy atom. The normalized spacial score (nSPS) is 13.5. The monoisotopic (exact) mass is 396 g/mol. The topological polar surface area (TPSA) is 43.1 Å². The molecule has 0 radical (unpaired) electrons. The van der Waals surface area contributed by atoms with Crippen LogP contribution in [-0.2, 0) is 12.8 Å². The summed E-state index contributed by atoms with van der Waals surface area (Å²) in [7, 11) is 0. The fourth-order valence-electron chi connectivity index (χ4n) is 5.69. The highest BCUT2D eigenvalue weighted by molar-refractivity contribution is 6.11. The summed E-state index contributed by atoms with van der Waals surface area (Å²) in [5.41, 5.74) is 12.5. The number of pyridine rings is 3. The van der Waals surface area contributed by atoms with Crippen LogP contribution in [0, 0.1) is 0 Å². The fraction of sp³-hybridized carbons (Fsp3) is 0.0741. The molecule has 0 amide bonds. The van der Waals surface area contributed by atoms with Crippen molar-refractivity contribution in [2.45, 2.75) is 12.8 Å². The van der Waals surface area contributed by atoms with Crippen molar-refractivity contribution in [3.8, 4) is 22.4 Å². The molecular formula is C27H16N4. The van der Waals surface area contributed by atoms with Gasteiger partial charge in [0, 0.05) is 41.3 Å². The third-order valence-corrected chi connectivity index (χ3v) is 6.94. The molecule has 144 valence electrons. The lowest BCUT2D eigenvalue weighted by molar-refractivity contribution is 1.16. The highest BCUT2D eigenvalue weighted by Crippen LogP contribution is 2.49. The molecule has 0 aliphatic heterocycles. The van der Waals surface area contributed by atoms with Gasteiger partial charge in [0.25, 0.3) is 0 Å². The lowest BCUT2D eigenvalue weighted by atomic mass is 9.96. The number of nitrogens with zero attached hydrogens (tertiary/aromatic N) is 4. The van der Waals surface area contributed by atoms with Crippen molar-refractivity contribution in [1.29, 1.82) is 0 Å². The molecule has 31 heavy (non-hydrogen) atoms. The van der Waals surface area contributed by atoms with Gasteiger partial charge in [-0.05, 0) is 57.8 Å². The lowest BCUT2D eigenvalue weighted by Crippen LogP contribution is -1.97. The van der Waals surface area contributed by atoms with Gasteiger partial charge in [0.15, 0.2) is 0 Å². The molecule has 0 unspecified atom stereocenters. The highest BCUT2D eigenvalue weighted by Gasteiger charge is 2.33. The summed E-state index contributed by atoms with van der Waals surface area (Å²) in [5.74, 6) is 0. The number of imidazole rings is 1. The van der Waals surface area contributed by atoms with Crippen LogP contribution in [0.4, 0.5) is 0 Å². The molecule has 4 heterocycles. The van der Waals surface area contributed by atoms with Crippen LogP contribution in [0.2, 0.25) is 0 Å². The van der Waals surface area contributed by atoms with Crippen molar-refractivity contribution in [3.05, 3.63) is 95.6 Å². The van der Waals surface area contributed by atoms with E-state index in [0.29, 0.717) is 0 Å². The van der Waals surface area contributed by atoms with Gasteiger partial charge in [-0.1, -0.05) is 36.4 Å². The van der Waals surface area contributed by atoms with E-state index in [1.54, 1.807) is 0 Å². The first-order chi connectivity index (χ1) is 15.4. The number of fused-ring (bicyclic) bond motifs is 14. The first kappa shape index (κ1) is 15.7. The largest absolute Gasteiger partial charge is 0.275 e. The number of hydrogen-bond acceptors (Lipinski definition) is 3. The van der Waals surface area contributed by atoms with Gasteiger partial charge >= 0.3 is 0 Å². The quantitative estimate of drug-likeness (QED) is 0.315. The van der Waals surface area contributed by atoms with Gasteiger partial charge in [0.2, 0.25) is 0 Å². The molecule has 0 spiro atoms. The smallest absolute Gasteiger partial charge is 0.148 e. The first-order valence-corrected chi connectivity index (χ1v) is 10.6. The summed E-state index contributed by atoms with van der Waals surface area (Å²) in [6.07, 6.45) is 7.52. The van der Waals surface area contributed by atoms with Gasteiger partial charge < -0.3 is 0 Å². The Hall–Kier alpha value is -4.05. The Kier molecular flexibility index (Phi) is 2.72. The van der Waals surface area contributed by atoms with Crippen LogP contribution < -0.4 is 0 Å². The van der Waals surface area contributed by atoms with Crippen molar-refractivity contribution in [3.63, 3.8) is 0 Å². The summed E-state index contributed by atoms with van der Waals surface area (Å²) in [4.78, 5) is 14.4. The van der Waals surface area contributed by atoms with Crippen LogP contribution in [0.5, 0.6) is 0 Å². The molecule has 0 N–H and O–H groups in total. The molecule has 8 rings (SSSR count). The first-order valence-electron chi connectivity index (χ1n) is 10.6. The molecule has 0 saturated carbocycles. The average Bonchev–Trinajstić information content (AvgIpc) is 3.48. The van der Waals surface area contributed by atoms with Crippen LogP contribution in [0.15, 0.2) is 73.2 Å². The van der Waals surface area contributed by atoms with Gasteiger partial charge in [0.1, 0.15) is 11.3 Å². The van der Waals surface area contributed by atoms with E-state index in [1.807, 2.05) is 24.7 Å². The van der Waals surface area contributed by atoms with E-state index in [9.17, 15) is 0 Å². The zero-order valence-electron chi connectivity index (χ0n) is 16.6. The SMILES string of the molecule is c1ccc2c(c1)Cc1ccc3c(c1-2)-c1c(nc2c4cnccc4c4cccnc4n12)C3. The fourth-order valence-corrected chi connectivity index (χ4v) is 5.69. The molecule has 4 aromatic heterocycles. The average molecular weight is 396 g/mol. The predicted molar refractivity (Wildman–Crippen MR) is 122 cm³/mol. The van der Waals surface area contributed by atoms with E-state index in [2.05, 4.69) is 57.9 Å². The summed E-state index contributed by atoms with van der Waals surface area (Å²) in [5, 5.41) is 3.36. The van der Waals surface area contributed by atoms with Crippen molar-refractivity contribution >= 4 is 27.5 Å². The van der Waals surface area contributed by atoms with Crippen molar-refractivity contribution in [1.82, 2.24) is 19.4 Å². The van der Waals surface area contributed by atoms with Crippen molar-refractivity contribution in [2.24, 2.45) is 0 Å². The standard InChI is InChI=1S/C27H16N4/c1-2-5-18-15(4-1)12-16-7-8-17-13-22-25(24(17)23(16)18)31-26-20(6-3-10-29-26)19-9-11-28-14-21(19)27(31)30-22/h1-11,14H,12-13H2. The molecule has 6 aromatic rings. The maximum absolute atomic E-state index is 5.15. The predicted octanol–water partition coefficient (Wildman–Crippen LogP) is 5.57. The Morgan fingerprint density at radius 1 is 0.677 bits per heavy atom. The lowest BCUT2D eigenvalue weighted by Gasteiger charge is -2.13. The molecular weight excluding hydrogens is 380 g/mol. The minimum absolute atomic E-state index is 0.859. The van der Waals surface area contributed by atoms with Gasteiger partial charge in [0.05, 0.1) is 11.4 Å². The van der Waals surface area contributed by atoms with Gasteiger partial charge in [-0.3, -0.25) is 9.38 Å². The van der Waals surface area contributed by atoms with Crippen molar-refractivity contribution in [2.75, 3.05) is 0 Å². The summed E-state index contributed by atoms with van der Waals surface area (Å²) < 4.78 is 2.28. The number of benzene rings is 2. The zero-order valence-corrected chi connectivity index (χ0v) is 16.6. The van der Waals surface area contributed by atoms with Crippen LogP contribution in [-0.4, -0.2) is 19.4 Å². The molecule has 0 atom stereocenters. The molecule has 2 aromatic carbocycles. The number of rotatable bonds is 0. The molecule has 0 bridgehead atoms. The van der Waals surface area contributed by atoms with E-state index < -0.39 is 0 Å². The van der Waals surface area contributed by atoms with E-state index in [-0.39, 0.29) is 0 Å². The Balaban J connectivity index is 1.59. The van der Waals surface area contributed by atoms with E-state index in [0.717, 1.165) is 46.0 Å². The maximum atomic E-state index is 5.15. The summed E-state index contributed by atoms with van der Waals surface area (Å²) in [6.45, 7) is 0. The Labute approximate surface area is 177 Å². The molecule has 4 nitrogen and oxygen atoms in total. The minimum atomic E-state index is 0.859. The Bertz CT molecular complexity index is 1740. The van der Waals surface area contributed by atoms with Gasteiger partial charge in [-0.2, -0.15) is 0 Å². The van der Waals surface area contributed by atoms with Crippen LogP contribution in [0.1, 0.15) is 22.4 Å². The Morgan fingerprint density at radius 2 is 1.58 bits per heavy atom. The second-order valence-corrected chi connectivity index (χ2v) is 8.51. The molecule has 0 saturated heterocycles. The molecule has 0 fully saturated rings. The van der Waals surface area contributed by atoms with Crippen molar-refractivity contribution < 1.29 is 0 Å². The van der Waals surface area contributed by atoms with E-state index >= 15 is 0 Å². The van der Waals surface area contributed by atoms with E-state index in [1.165, 1.54) is 39.1 Å². The summed E-state index contributed by atoms with van der Waals surface area (Å²) >= 11 is 0. The summed E-state index contributed by atoms with van der Waals surface area (Å²) in [6, 6.07) is 19.6. The van der Waals surface area contributed by atoms with Gasteiger partial charge in [-0.25, -0.2) is 9.97 Å². The minimum Gasteiger partial charge on any atom is -0.275 e. The van der Waals surface area contributed by atoms with E-state index in [4.69, 9.17) is 9.97 Å². The highest BCUT2D eigenvalue weighted by atomic mass is 15.1.